The summed E-state index contributed by atoms with van der Waals surface area (Å²) in [6.45, 7) is 8.64. The van der Waals surface area contributed by atoms with Gasteiger partial charge in [-0.15, -0.1) is 24.0 Å². The molecule has 22 heavy (non-hydrogen) atoms. The first-order valence-corrected chi connectivity index (χ1v) is 8.05. The Labute approximate surface area is 151 Å². The highest BCUT2D eigenvalue weighted by Crippen LogP contribution is 2.14. The first kappa shape index (κ1) is 19.2. The second kappa shape index (κ2) is 10.0. The molecule has 1 atom stereocenters. The van der Waals surface area contributed by atoms with Gasteiger partial charge in [0.05, 0.1) is 6.54 Å². The smallest absolute Gasteiger partial charge is 0.193 e. The number of nitrogens with two attached hydrogens (primary N) is 1. The molecule has 0 aromatic heterocycles. The molecular weight excluding hydrogens is 387 g/mol. The molecule has 0 aliphatic carbocycles. The predicted molar refractivity (Wildman–Crippen MR) is 106 cm³/mol. The van der Waals surface area contributed by atoms with Crippen LogP contribution in [-0.4, -0.2) is 37.0 Å². The fraction of sp³-hybridized carbons (Fsp3) is 0.588. The maximum absolute atomic E-state index is 5.94. The number of likely N-dealkylation sites (tertiary alicyclic amines) is 1. The number of rotatable bonds is 5. The lowest BCUT2D eigenvalue weighted by atomic mass is 10.0. The summed E-state index contributed by atoms with van der Waals surface area (Å²) in [7, 11) is 0. The Morgan fingerprint density at radius 3 is 2.73 bits per heavy atom. The normalized spacial score (nSPS) is 19.5. The molecule has 0 spiro atoms. The average Bonchev–Trinajstić information content (AvgIpc) is 2.48. The second-order valence-corrected chi connectivity index (χ2v) is 5.99. The molecule has 1 unspecified atom stereocenters. The Morgan fingerprint density at radius 2 is 2.09 bits per heavy atom. The van der Waals surface area contributed by atoms with Crippen molar-refractivity contribution in [3.05, 3.63) is 29.8 Å². The Bertz CT molecular complexity index is 458. The number of nitrogens with one attached hydrogen (secondary N) is 1. The monoisotopic (exact) mass is 416 g/mol. The number of nitrogens with zero attached hydrogens (tertiary/aromatic N) is 2. The van der Waals surface area contributed by atoms with Crippen molar-refractivity contribution in [1.29, 1.82) is 0 Å². The molecule has 0 bridgehead atoms. The molecule has 5 heteroatoms. The number of halogens is 1. The highest BCUT2D eigenvalue weighted by molar-refractivity contribution is 14.0. The Morgan fingerprint density at radius 1 is 1.36 bits per heavy atom. The van der Waals surface area contributed by atoms with Gasteiger partial charge in [-0.3, -0.25) is 4.99 Å². The number of benzene rings is 1. The Balaban J connectivity index is 0.00000242. The molecule has 4 nitrogen and oxygen atoms in total. The lowest BCUT2D eigenvalue weighted by molar-refractivity contribution is 0.189. The lowest BCUT2D eigenvalue weighted by Crippen LogP contribution is -2.36. The number of aryl methyl sites for hydroxylation is 1. The summed E-state index contributed by atoms with van der Waals surface area (Å²) in [5, 5.41) is 3.15. The van der Waals surface area contributed by atoms with Crippen molar-refractivity contribution in [3.8, 4) is 0 Å². The fourth-order valence-corrected chi connectivity index (χ4v) is 2.81. The van der Waals surface area contributed by atoms with Gasteiger partial charge in [0.15, 0.2) is 5.96 Å². The molecule has 1 heterocycles. The molecule has 0 amide bonds. The van der Waals surface area contributed by atoms with Gasteiger partial charge in [0.1, 0.15) is 0 Å². The summed E-state index contributed by atoms with van der Waals surface area (Å²) in [6.07, 6.45) is 3.72. The summed E-state index contributed by atoms with van der Waals surface area (Å²) < 4.78 is 0. The largest absolute Gasteiger partial charge is 0.370 e. The number of anilines is 1. The van der Waals surface area contributed by atoms with E-state index in [9.17, 15) is 0 Å². The highest BCUT2D eigenvalue weighted by atomic mass is 127. The molecular formula is C17H29IN4. The van der Waals surface area contributed by atoms with Gasteiger partial charge < -0.3 is 16.0 Å². The molecule has 1 aromatic rings. The first-order chi connectivity index (χ1) is 10.2. The van der Waals surface area contributed by atoms with Crippen LogP contribution in [0.2, 0.25) is 0 Å². The zero-order valence-electron chi connectivity index (χ0n) is 13.7. The van der Waals surface area contributed by atoms with E-state index in [2.05, 4.69) is 41.2 Å². The van der Waals surface area contributed by atoms with E-state index in [1.165, 1.54) is 31.5 Å². The maximum Gasteiger partial charge on any atom is 0.193 e. The van der Waals surface area contributed by atoms with Crippen molar-refractivity contribution < 1.29 is 0 Å². The van der Waals surface area contributed by atoms with Gasteiger partial charge >= 0.3 is 0 Å². The van der Waals surface area contributed by atoms with Crippen molar-refractivity contribution in [2.45, 2.75) is 33.1 Å². The van der Waals surface area contributed by atoms with Crippen LogP contribution in [0.3, 0.4) is 0 Å². The van der Waals surface area contributed by atoms with Crippen molar-refractivity contribution in [1.82, 2.24) is 4.90 Å². The molecule has 1 saturated heterocycles. The van der Waals surface area contributed by atoms with Crippen LogP contribution in [0.1, 0.15) is 32.3 Å². The summed E-state index contributed by atoms with van der Waals surface area (Å²) in [6, 6.07) is 8.33. The molecule has 1 aromatic carbocycles. The van der Waals surface area contributed by atoms with Gasteiger partial charge in [-0.2, -0.15) is 0 Å². The summed E-state index contributed by atoms with van der Waals surface area (Å²) >= 11 is 0. The zero-order valence-corrected chi connectivity index (χ0v) is 16.0. The quantitative estimate of drug-likeness (QED) is 0.440. The maximum atomic E-state index is 5.94. The minimum atomic E-state index is 0. The van der Waals surface area contributed by atoms with E-state index < -0.39 is 0 Å². The van der Waals surface area contributed by atoms with Crippen molar-refractivity contribution >= 4 is 35.6 Å². The van der Waals surface area contributed by atoms with Gasteiger partial charge in [0.25, 0.3) is 0 Å². The molecule has 1 aliphatic heterocycles. The number of hydrogen-bond acceptors (Lipinski definition) is 2. The number of aliphatic imine (C=N–C) groups is 1. The fourth-order valence-electron chi connectivity index (χ4n) is 2.81. The minimum Gasteiger partial charge on any atom is -0.370 e. The molecule has 0 radical (unpaired) electrons. The number of piperidine rings is 1. The van der Waals surface area contributed by atoms with Gasteiger partial charge in [0.2, 0.25) is 0 Å². The van der Waals surface area contributed by atoms with E-state index in [4.69, 9.17) is 5.73 Å². The van der Waals surface area contributed by atoms with E-state index in [0.717, 1.165) is 31.1 Å². The predicted octanol–water partition coefficient (Wildman–Crippen LogP) is 3.33. The molecule has 3 N–H and O–H groups in total. The third-order valence-electron chi connectivity index (χ3n) is 4.07. The third-order valence-corrected chi connectivity index (χ3v) is 4.07. The van der Waals surface area contributed by atoms with E-state index >= 15 is 0 Å². The Hall–Kier alpha value is -0.820. The lowest BCUT2D eigenvalue weighted by Gasteiger charge is -2.30. The van der Waals surface area contributed by atoms with Crippen LogP contribution in [0.25, 0.3) is 0 Å². The van der Waals surface area contributed by atoms with Crippen LogP contribution in [0, 0.1) is 5.92 Å². The topological polar surface area (TPSA) is 53.6 Å². The summed E-state index contributed by atoms with van der Waals surface area (Å²) in [4.78, 5) is 6.91. The van der Waals surface area contributed by atoms with Crippen molar-refractivity contribution in [2.75, 3.05) is 31.5 Å². The van der Waals surface area contributed by atoms with E-state index in [1.54, 1.807) is 0 Å². The van der Waals surface area contributed by atoms with Crippen LogP contribution in [0.5, 0.6) is 0 Å². The molecule has 1 fully saturated rings. The highest BCUT2D eigenvalue weighted by Gasteiger charge is 2.15. The summed E-state index contributed by atoms with van der Waals surface area (Å²) in [5.74, 6) is 1.32. The molecule has 0 saturated carbocycles. The molecule has 2 rings (SSSR count). The zero-order chi connectivity index (χ0) is 15.1. The van der Waals surface area contributed by atoms with Gasteiger partial charge in [-0.1, -0.05) is 26.0 Å². The average molecular weight is 416 g/mol. The van der Waals surface area contributed by atoms with E-state index in [0.29, 0.717) is 5.96 Å². The van der Waals surface area contributed by atoms with Gasteiger partial charge in [-0.25, -0.2) is 0 Å². The first-order valence-electron chi connectivity index (χ1n) is 8.05. The van der Waals surface area contributed by atoms with Crippen LogP contribution >= 0.6 is 24.0 Å². The minimum absolute atomic E-state index is 0. The molecule has 1 aliphatic rings. The van der Waals surface area contributed by atoms with Gasteiger partial charge in [0, 0.05) is 18.8 Å². The van der Waals surface area contributed by atoms with Crippen molar-refractivity contribution in [3.63, 3.8) is 0 Å². The second-order valence-electron chi connectivity index (χ2n) is 5.99. The van der Waals surface area contributed by atoms with Crippen LogP contribution in [0.15, 0.2) is 29.3 Å². The summed E-state index contributed by atoms with van der Waals surface area (Å²) in [5.41, 5.74) is 8.27. The van der Waals surface area contributed by atoms with Gasteiger partial charge in [-0.05, 0) is 49.4 Å². The SMILES string of the molecule is CCc1ccc(NC(N)=NCCN2CCCC(C)C2)cc1.I. The standard InChI is InChI=1S/C17H28N4.HI/c1-3-15-6-8-16(9-7-15)20-17(18)19-10-12-21-11-4-5-14(2)13-21;/h6-9,14H,3-5,10-13H2,1-2H3,(H3,18,19,20);1H. The Kier molecular flexibility index (Phi) is 8.78. The molecule has 124 valence electrons. The number of hydrogen-bond donors (Lipinski definition) is 2. The van der Waals surface area contributed by atoms with Crippen LogP contribution < -0.4 is 11.1 Å². The van der Waals surface area contributed by atoms with Crippen molar-refractivity contribution in [2.24, 2.45) is 16.6 Å². The van der Waals surface area contributed by atoms with E-state index in [1.807, 2.05) is 12.1 Å². The van der Waals surface area contributed by atoms with E-state index in [-0.39, 0.29) is 24.0 Å². The van der Waals surface area contributed by atoms with Crippen LogP contribution in [0.4, 0.5) is 5.69 Å². The third kappa shape index (κ3) is 6.52. The number of guanidine groups is 1. The van der Waals surface area contributed by atoms with Crippen LogP contribution in [-0.2, 0) is 6.42 Å².